The van der Waals surface area contributed by atoms with Gasteiger partial charge >= 0.3 is 0 Å². The average Bonchev–Trinajstić information content (AvgIpc) is 2.83. The Morgan fingerprint density at radius 2 is 1.82 bits per heavy atom. The van der Waals surface area contributed by atoms with E-state index in [1.807, 2.05) is 0 Å². The summed E-state index contributed by atoms with van der Waals surface area (Å²) in [6.45, 7) is 0. The topological polar surface area (TPSA) is 42.0 Å². The standard InChI is InChI=1S/C14H6ClF3N2OS/c15-7-3-6(1-2-8(7)16)13(21)20-14-19-11-4-9(17)10(18)5-12(11)22-14/h1-5H,(H,19,20,21). The molecule has 1 amide bonds. The molecule has 1 heterocycles. The molecule has 0 bridgehead atoms. The fourth-order valence-electron chi connectivity index (χ4n) is 1.78. The van der Waals surface area contributed by atoms with Crippen molar-refractivity contribution in [3.8, 4) is 0 Å². The minimum atomic E-state index is -1.01. The first-order valence-corrected chi connectivity index (χ1v) is 7.15. The minimum absolute atomic E-state index is 0.142. The molecule has 0 unspecified atom stereocenters. The van der Waals surface area contributed by atoms with Crippen LogP contribution in [0.2, 0.25) is 5.02 Å². The van der Waals surface area contributed by atoms with Crippen LogP contribution in [0.15, 0.2) is 30.3 Å². The van der Waals surface area contributed by atoms with E-state index in [1.54, 1.807) is 0 Å². The third kappa shape index (κ3) is 2.77. The summed E-state index contributed by atoms with van der Waals surface area (Å²) in [5, 5.41) is 2.47. The molecule has 112 valence electrons. The van der Waals surface area contributed by atoms with E-state index in [0.717, 1.165) is 29.5 Å². The maximum absolute atomic E-state index is 13.1. The molecule has 0 aliphatic heterocycles. The summed E-state index contributed by atoms with van der Waals surface area (Å²) in [7, 11) is 0. The van der Waals surface area contributed by atoms with E-state index >= 15 is 0 Å². The predicted molar refractivity (Wildman–Crippen MR) is 78.9 cm³/mol. The van der Waals surface area contributed by atoms with Crippen LogP contribution >= 0.6 is 22.9 Å². The van der Waals surface area contributed by atoms with Crippen LogP contribution in [0.5, 0.6) is 0 Å². The zero-order valence-corrected chi connectivity index (χ0v) is 12.2. The lowest BCUT2D eigenvalue weighted by Crippen LogP contribution is -2.11. The molecule has 3 aromatic rings. The van der Waals surface area contributed by atoms with Gasteiger partial charge in [-0.1, -0.05) is 22.9 Å². The molecular formula is C14H6ClF3N2OS. The van der Waals surface area contributed by atoms with Crippen LogP contribution < -0.4 is 5.32 Å². The summed E-state index contributed by atoms with van der Waals surface area (Å²) in [6.07, 6.45) is 0. The molecule has 1 aromatic heterocycles. The number of nitrogens with one attached hydrogen (secondary N) is 1. The van der Waals surface area contributed by atoms with E-state index in [1.165, 1.54) is 12.1 Å². The first-order valence-electron chi connectivity index (χ1n) is 5.96. The van der Waals surface area contributed by atoms with Gasteiger partial charge in [0.1, 0.15) is 5.82 Å². The van der Waals surface area contributed by atoms with E-state index in [0.29, 0.717) is 4.70 Å². The highest BCUT2D eigenvalue weighted by Gasteiger charge is 2.13. The van der Waals surface area contributed by atoms with Crippen LogP contribution in [-0.4, -0.2) is 10.9 Å². The average molecular weight is 343 g/mol. The third-order valence-electron chi connectivity index (χ3n) is 2.83. The highest BCUT2D eigenvalue weighted by atomic mass is 35.5. The minimum Gasteiger partial charge on any atom is -0.298 e. The SMILES string of the molecule is O=C(Nc1nc2cc(F)c(F)cc2s1)c1ccc(F)c(Cl)c1. The second-order valence-corrected chi connectivity index (χ2v) is 5.77. The number of amides is 1. The van der Waals surface area contributed by atoms with E-state index in [2.05, 4.69) is 10.3 Å². The van der Waals surface area contributed by atoms with Crippen LogP contribution in [-0.2, 0) is 0 Å². The number of thiazole rings is 1. The Balaban J connectivity index is 1.89. The van der Waals surface area contributed by atoms with Crippen molar-refractivity contribution in [1.82, 2.24) is 4.98 Å². The molecule has 0 atom stereocenters. The summed E-state index contributed by atoms with van der Waals surface area (Å²) in [4.78, 5) is 16.0. The molecule has 0 spiro atoms. The van der Waals surface area contributed by atoms with Gasteiger partial charge in [0, 0.05) is 11.6 Å². The van der Waals surface area contributed by atoms with Gasteiger partial charge in [0.25, 0.3) is 5.91 Å². The maximum Gasteiger partial charge on any atom is 0.257 e. The van der Waals surface area contributed by atoms with E-state index in [4.69, 9.17) is 11.6 Å². The second kappa shape index (κ2) is 5.58. The summed E-state index contributed by atoms with van der Waals surface area (Å²) in [5.41, 5.74) is 0.374. The van der Waals surface area contributed by atoms with Crippen LogP contribution in [0.1, 0.15) is 10.4 Å². The van der Waals surface area contributed by atoms with Gasteiger partial charge in [0.15, 0.2) is 16.8 Å². The number of halogens is 4. The molecule has 0 radical (unpaired) electrons. The van der Waals surface area contributed by atoms with Crippen LogP contribution in [0.25, 0.3) is 10.2 Å². The monoisotopic (exact) mass is 342 g/mol. The molecule has 8 heteroatoms. The number of nitrogens with zero attached hydrogens (tertiary/aromatic N) is 1. The molecule has 1 N–H and O–H groups in total. The first kappa shape index (κ1) is 14.8. The van der Waals surface area contributed by atoms with Gasteiger partial charge in [0.05, 0.1) is 15.2 Å². The van der Waals surface area contributed by atoms with Crippen molar-refractivity contribution in [2.24, 2.45) is 0 Å². The van der Waals surface area contributed by atoms with E-state index < -0.39 is 23.4 Å². The van der Waals surface area contributed by atoms with E-state index in [9.17, 15) is 18.0 Å². The molecule has 2 aromatic carbocycles. The zero-order valence-electron chi connectivity index (χ0n) is 10.7. The number of carbonyl (C=O) groups is 1. The summed E-state index contributed by atoms with van der Waals surface area (Å²) in [6, 6.07) is 5.47. The molecule has 3 rings (SSSR count). The lowest BCUT2D eigenvalue weighted by Gasteiger charge is -2.02. The third-order valence-corrected chi connectivity index (χ3v) is 4.06. The van der Waals surface area contributed by atoms with Crippen molar-refractivity contribution >= 4 is 44.2 Å². The van der Waals surface area contributed by atoms with Gasteiger partial charge in [-0.25, -0.2) is 18.2 Å². The number of carbonyl (C=O) groups excluding carboxylic acids is 1. The fraction of sp³-hybridized carbons (Fsp3) is 0. The Morgan fingerprint density at radius 1 is 1.09 bits per heavy atom. The van der Waals surface area contributed by atoms with Crippen molar-refractivity contribution in [2.75, 3.05) is 5.32 Å². The quantitative estimate of drug-likeness (QED) is 0.738. The Morgan fingerprint density at radius 3 is 2.55 bits per heavy atom. The Bertz CT molecular complexity index is 858. The first-order chi connectivity index (χ1) is 10.4. The number of benzene rings is 2. The number of aromatic nitrogens is 1. The molecule has 0 fully saturated rings. The Labute approximate surface area is 131 Å². The summed E-state index contributed by atoms with van der Waals surface area (Å²) < 4.78 is 39.7. The highest BCUT2D eigenvalue weighted by Crippen LogP contribution is 2.28. The number of rotatable bonds is 2. The van der Waals surface area contributed by atoms with Crippen LogP contribution in [0.4, 0.5) is 18.3 Å². The number of anilines is 1. The van der Waals surface area contributed by atoms with Gasteiger partial charge in [-0.05, 0) is 24.3 Å². The predicted octanol–water partition coefficient (Wildman–Crippen LogP) is 4.62. The number of hydrogen-bond acceptors (Lipinski definition) is 3. The Kier molecular flexibility index (Phi) is 3.76. The summed E-state index contributed by atoms with van der Waals surface area (Å²) in [5.74, 6) is -3.19. The second-order valence-electron chi connectivity index (χ2n) is 4.34. The molecule has 3 nitrogen and oxygen atoms in total. The lowest BCUT2D eigenvalue weighted by molar-refractivity contribution is 0.102. The van der Waals surface area contributed by atoms with E-state index in [-0.39, 0.29) is 21.2 Å². The van der Waals surface area contributed by atoms with Crippen molar-refractivity contribution in [3.05, 3.63) is 58.4 Å². The molecular weight excluding hydrogens is 337 g/mol. The lowest BCUT2D eigenvalue weighted by atomic mass is 10.2. The number of fused-ring (bicyclic) bond motifs is 1. The van der Waals surface area contributed by atoms with Crippen molar-refractivity contribution in [1.29, 1.82) is 0 Å². The zero-order chi connectivity index (χ0) is 15.9. The maximum atomic E-state index is 13.1. The van der Waals surface area contributed by atoms with Gasteiger partial charge in [-0.3, -0.25) is 10.1 Å². The molecule has 0 saturated heterocycles. The molecule has 0 aliphatic rings. The van der Waals surface area contributed by atoms with Gasteiger partial charge in [-0.15, -0.1) is 0 Å². The van der Waals surface area contributed by atoms with Crippen LogP contribution in [0, 0.1) is 17.5 Å². The number of hydrogen-bond donors (Lipinski definition) is 1. The highest BCUT2D eigenvalue weighted by molar-refractivity contribution is 7.22. The smallest absolute Gasteiger partial charge is 0.257 e. The van der Waals surface area contributed by atoms with Gasteiger partial charge < -0.3 is 0 Å². The largest absolute Gasteiger partial charge is 0.298 e. The van der Waals surface area contributed by atoms with Gasteiger partial charge in [-0.2, -0.15) is 0 Å². The molecule has 0 saturated carbocycles. The van der Waals surface area contributed by atoms with Crippen molar-refractivity contribution in [3.63, 3.8) is 0 Å². The molecule has 0 aliphatic carbocycles. The Hall–Kier alpha value is -2.12. The molecule has 22 heavy (non-hydrogen) atoms. The fourth-order valence-corrected chi connectivity index (χ4v) is 2.83. The van der Waals surface area contributed by atoms with Crippen molar-refractivity contribution in [2.45, 2.75) is 0 Å². The summed E-state index contributed by atoms with van der Waals surface area (Å²) >= 11 is 6.60. The van der Waals surface area contributed by atoms with Crippen LogP contribution in [0.3, 0.4) is 0 Å². The normalized spacial score (nSPS) is 10.9. The van der Waals surface area contributed by atoms with Gasteiger partial charge in [0.2, 0.25) is 0 Å². The van der Waals surface area contributed by atoms with Crippen molar-refractivity contribution < 1.29 is 18.0 Å².